The van der Waals surface area contributed by atoms with Gasteiger partial charge in [0.1, 0.15) is 6.04 Å². The van der Waals surface area contributed by atoms with Crippen molar-refractivity contribution in [2.75, 3.05) is 0 Å². The summed E-state index contributed by atoms with van der Waals surface area (Å²) in [5, 5.41) is 2.80. The Morgan fingerprint density at radius 2 is 1.50 bits per heavy atom. The number of nitrogens with two attached hydrogens (primary N) is 1. The maximum Gasteiger partial charge on any atom is 0.287 e. The molecule has 0 aliphatic rings. The van der Waals surface area contributed by atoms with Crippen molar-refractivity contribution in [1.29, 1.82) is 0 Å². The van der Waals surface area contributed by atoms with Crippen molar-refractivity contribution in [1.82, 2.24) is 9.84 Å². The van der Waals surface area contributed by atoms with E-state index in [4.69, 9.17) is 5.73 Å². The van der Waals surface area contributed by atoms with Crippen LogP contribution in [0.15, 0.2) is 97.1 Å². The molecule has 2 atom stereocenters. The van der Waals surface area contributed by atoms with Gasteiger partial charge in [0.25, 0.3) is 23.1 Å². The van der Waals surface area contributed by atoms with E-state index in [1.54, 1.807) is 42.5 Å². The first-order valence-electron chi connectivity index (χ1n) is 11.0. The Morgan fingerprint density at radius 3 is 2.19 bits per heavy atom. The van der Waals surface area contributed by atoms with Crippen molar-refractivity contribution < 1.29 is 23.1 Å². The molecule has 4 aromatic rings. The van der Waals surface area contributed by atoms with Crippen molar-refractivity contribution in [2.45, 2.75) is 12.5 Å². The molecule has 4 rings (SSSR count). The first-order valence-corrected chi connectivity index (χ1v) is 12.1. The highest BCUT2D eigenvalue weighted by Crippen LogP contribution is 2.26. The second-order valence-corrected chi connectivity index (χ2v) is 8.77. The van der Waals surface area contributed by atoms with E-state index in [-0.39, 0.29) is 12.0 Å². The zero-order chi connectivity index (χ0) is 25.7. The van der Waals surface area contributed by atoms with Crippen LogP contribution in [-0.2, 0) is 27.3 Å². The monoisotopic (exact) mass is 501 g/mol. The van der Waals surface area contributed by atoms with Gasteiger partial charge in [-0.15, -0.1) is 4.83 Å². The average Bonchev–Trinajstić information content (AvgIpc) is 2.90. The summed E-state index contributed by atoms with van der Waals surface area (Å²) in [6.45, 7) is 0. The summed E-state index contributed by atoms with van der Waals surface area (Å²) < 4.78 is 21.2. The second-order valence-electron chi connectivity index (χ2n) is 8.09. The molecule has 0 aromatic heterocycles. The third kappa shape index (κ3) is 5.72. The standard InChI is InChI=1S/C27H23N3O5S/c28-26(32)25(31)24(15-18-7-2-1-3-8-18)30(29-36(34)35)27(33)23-12-6-11-21(17-23)22-14-13-19-9-4-5-10-20(19)16-22/h1-14,16-17,24,29H,15H2,(H2,28,32)(H,34,35). The van der Waals surface area contributed by atoms with E-state index < -0.39 is 34.9 Å². The third-order valence-electron chi connectivity index (χ3n) is 5.72. The summed E-state index contributed by atoms with van der Waals surface area (Å²) in [6.07, 6.45) is -0.0943. The molecule has 4 N–H and O–H groups in total. The Kier molecular flexibility index (Phi) is 7.65. The van der Waals surface area contributed by atoms with Crippen molar-refractivity contribution in [3.8, 4) is 11.1 Å². The zero-order valence-electron chi connectivity index (χ0n) is 19.0. The van der Waals surface area contributed by atoms with Gasteiger partial charge in [0, 0.05) is 12.0 Å². The molecule has 0 fully saturated rings. The number of hydrogen-bond acceptors (Lipinski definition) is 4. The van der Waals surface area contributed by atoms with E-state index in [1.165, 1.54) is 6.07 Å². The number of primary amides is 1. The SMILES string of the molecule is NC(=O)C(=O)C(Cc1ccccc1)N(NS(=O)O)C(=O)c1cccc(-c2ccc3ccccc3c2)c1. The van der Waals surface area contributed by atoms with Crippen LogP contribution in [0.5, 0.6) is 0 Å². The summed E-state index contributed by atoms with van der Waals surface area (Å²) in [5.74, 6) is -3.10. The zero-order valence-corrected chi connectivity index (χ0v) is 19.9. The molecule has 9 heteroatoms. The Morgan fingerprint density at radius 1 is 0.833 bits per heavy atom. The Bertz CT molecular complexity index is 1460. The molecule has 36 heavy (non-hydrogen) atoms. The number of hydrogen-bond donors (Lipinski definition) is 3. The van der Waals surface area contributed by atoms with Crippen LogP contribution in [0, 0.1) is 0 Å². The van der Waals surface area contributed by atoms with Gasteiger partial charge in [0.2, 0.25) is 5.78 Å². The largest absolute Gasteiger partial charge is 0.363 e. The fraction of sp³-hybridized carbons (Fsp3) is 0.0741. The van der Waals surface area contributed by atoms with E-state index in [2.05, 4.69) is 4.83 Å². The lowest BCUT2D eigenvalue weighted by atomic mass is 9.98. The fourth-order valence-corrected chi connectivity index (χ4v) is 4.35. The van der Waals surface area contributed by atoms with Crippen molar-refractivity contribution >= 4 is 39.6 Å². The number of rotatable bonds is 9. The lowest BCUT2D eigenvalue weighted by Crippen LogP contribution is -2.56. The minimum atomic E-state index is -2.70. The molecule has 0 saturated carbocycles. The molecule has 0 radical (unpaired) electrons. The summed E-state index contributed by atoms with van der Waals surface area (Å²) in [4.78, 5) is 40.2. The molecule has 2 amide bonds. The van der Waals surface area contributed by atoms with Crippen molar-refractivity contribution in [3.63, 3.8) is 0 Å². The van der Waals surface area contributed by atoms with Gasteiger partial charge < -0.3 is 5.73 Å². The molecule has 4 aromatic carbocycles. The van der Waals surface area contributed by atoms with Crippen LogP contribution in [-0.4, -0.2) is 37.4 Å². The number of ketones is 1. The number of hydrazine groups is 1. The summed E-state index contributed by atoms with van der Waals surface area (Å²) in [6, 6.07) is 27.6. The van der Waals surface area contributed by atoms with E-state index in [9.17, 15) is 23.1 Å². The van der Waals surface area contributed by atoms with Crippen LogP contribution in [0.1, 0.15) is 15.9 Å². The summed E-state index contributed by atoms with van der Waals surface area (Å²) >= 11 is -2.70. The van der Waals surface area contributed by atoms with Crippen LogP contribution < -0.4 is 10.6 Å². The third-order valence-corrected chi connectivity index (χ3v) is 6.07. The van der Waals surface area contributed by atoms with Gasteiger partial charge in [-0.2, -0.15) is 0 Å². The molecular weight excluding hydrogens is 478 g/mol. The normalized spacial score (nSPS) is 12.6. The first kappa shape index (κ1) is 24.9. The number of carbonyl (C=O) groups excluding carboxylic acids is 3. The highest BCUT2D eigenvalue weighted by Gasteiger charge is 2.34. The summed E-state index contributed by atoms with van der Waals surface area (Å²) in [5.41, 5.74) is 7.63. The quantitative estimate of drug-likeness (QED) is 0.184. The van der Waals surface area contributed by atoms with Crippen LogP contribution in [0.3, 0.4) is 0 Å². The molecule has 182 valence electrons. The molecular formula is C27H23N3O5S. The number of fused-ring (bicyclic) bond motifs is 1. The van der Waals surface area contributed by atoms with Crippen molar-refractivity contribution in [3.05, 3.63) is 108 Å². The van der Waals surface area contributed by atoms with E-state index in [0.29, 0.717) is 10.6 Å². The van der Waals surface area contributed by atoms with Crippen LogP contribution in [0.25, 0.3) is 21.9 Å². The Labute approximate surface area is 210 Å². The maximum atomic E-state index is 13.5. The van der Waals surface area contributed by atoms with Crippen LogP contribution in [0.4, 0.5) is 0 Å². The molecule has 0 saturated heterocycles. The molecule has 0 spiro atoms. The van der Waals surface area contributed by atoms with Crippen molar-refractivity contribution in [2.24, 2.45) is 5.73 Å². The number of nitrogens with one attached hydrogen (secondary N) is 1. The first-order chi connectivity index (χ1) is 17.3. The summed E-state index contributed by atoms with van der Waals surface area (Å²) in [7, 11) is 0. The van der Waals surface area contributed by atoms with Gasteiger partial charge in [-0.3, -0.25) is 18.9 Å². The Balaban J connectivity index is 1.72. The lowest BCUT2D eigenvalue weighted by Gasteiger charge is -2.29. The number of amides is 2. The molecule has 0 aliphatic carbocycles. The number of nitrogens with zero attached hydrogens (tertiary/aromatic N) is 1. The number of carbonyl (C=O) groups is 3. The highest BCUT2D eigenvalue weighted by molar-refractivity contribution is 7.77. The molecule has 2 unspecified atom stereocenters. The van der Waals surface area contributed by atoms with Gasteiger partial charge in [0.05, 0.1) is 0 Å². The predicted molar refractivity (Wildman–Crippen MR) is 138 cm³/mol. The minimum absolute atomic E-state index is 0.0943. The Hall–Kier alpha value is -4.18. The van der Waals surface area contributed by atoms with Crippen LogP contribution >= 0.6 is 0 Å². The molecule has 0 bridgehead atoms. The second kappa shape index (κ2) is 11.0. The molecule has 0 aliphatic heterocycles. The van der Waals surface area contributed by atoms with Crippen LogP contribution in [0.2, 0.25) is 0 Å². The van der Waals surface area contributed by atoms with Gasteiger partial charge >= 0.3 is 0 Å². The lowest BCUT2D eigenvalue weighted by molar-refractivity contribution is -0.139. The fourth-order valence-electron chi connectivity index (χ4n) is 3.97. The van der Waals surface area contributed by atoms with E-state index in [1.807, 2.05) is 48.5 Å². The van der Waals surface area contributed by atoms with Gasteiger partial charge in [-0.05, 0) is 45.7 Å². The molecule has 0 heterocycles. The minimum Gasteiger partial charge on any atom is -0.363 e. The van der Waals surface area contributed by atoms with E-state index >= 15 is 0 Å². The average molecular weight is 502 g/mol. The van der Waals surface area contributed by atoms with Gasteiger partial charge in [0.15, 0.2) is 0 Å². The topological polar surface area (TPSA) is 130 Å². The van der Waals surface area contributed by atoms with E-state index in [0.717, 1.165) is 21.9 Å². The number of benzene rings is 4. The highest BCUT2D eigenvalue weighted by atomic mass is 32.2. The smallest absolute Gasteiger partial charge is 0.287 e. The maximum absolute atomic E-state index is 13.5. The molecule has 8 nitrogen and oxygen atoms in total. The predicted octanol–water partition coefficient (Wildman–Crippen LogP) is 3.26. The van der Waals surface area contributed by atoms with Gasteiger partial charge in [-0.25, -0.2) is 9.22 Å². The number of Topliss-reactive ketones (excluding diaryl/α,β-unsaturated/α-hetero) is 1. The van der Waals surface area contributed by atoms with Gasteiger partial charge in [-0.1, -0.05) is 78.9 Å².